The molecule has 1 saturated carbocycles. The fourth-order valence-electron chi connectivity index (χ4n) is 4.48. The lowest BCUT2D eigenvalue weighted by Gasteiger charge is -2.19. The Kier molecular flexibility index (Phi) is 5.37. The Morgan fingerprint density at radius 3 is 2.48 bits per heavy atom. The molecule has 2 fully saturated rings. The van der Waals surface area contributed by atoms with Gasteiger partial charge in [-0.1, -0.05) is 12.8 Å². The van der Waals surface area contributed by atoms with Crippen LogP contribution in [0.25, 0.3) is 0 Å². The van der Waals surface area contributed by atoms with E-state index in [0.29, 0.717) is 23.4 Å². The van der Waals surface area contributed by atoms with E-state index in [0.717, 1.165) is 47.4 Å². The van der Waals surface area contributed by atoms with Crippen LogP contribution in [-0.2, 0) is 36.8 Å². The molecular formula is C20H21N3O5S. The Balaban J connectivity index is 1.30. The van der Waals surface area contributed by atoms with E-state index in [1.807, 2.05) is 0 Å². The summed E-state index contributed by atoms with van der Waals surface area (Å²) in [6.45, 7) is -0.996. The number of nitrogens with zero attached hydrogens (tertiary/aromatic N) is 2. The van der Waals surface area contributed by atoms with E-state index in [4.69, 9.17) is 4.74 Å². The van der Waals surface area contributed by atoms with Gasteiger partial charge < -0.3 is 10.1 Å². The summed E-state index contributed by atoms with van der Waals surface area (Å²) in [6.07, 6.45) is 5.92. The normalized spacial score (nSPS) is 22.8. The average molecular weight is 415 g/mol. The van der Waals surface area contributed by atoms with Gasteiger partial charge in [0.25, 0.3) is 5.91 Å². The van der Waals surface area contributed by atoms with Gasteiger partial charge >= 0.3 is 5.97 Å². The number of aryl methyl sites for hydroxylation is 1. The van der Waals surface area contributed by atoms with Crippen molar-refractivity contribution in [3.63, 3.8) is 0 Å². The van der Waals surface area contributed by atoms with Gasteiger partial charge in [0.05, 0.1) is 17.4 Å². The number of thiophene rings is 1. The van der Waals surface area contributed by atoms with Crippen LogP contribution in [0.3, 0.4) is 0 Å². The number of nitriles is 1. The molecule has 1 N–H and O–H groups in total. The minimum absolute atomic E-state index is 0.312. The Labute approximate surface area is 171 Å². The lowest BCUT2D eigenvalue weighted by Crippen LogP contribution is -2.37. The van der Waals surface area contributed by atoms with E-state index >= 15 is 0 Å². The lowest BCUT2D eigenvalue weighted by molar-refractivity contribution is -0.154. The molecule has 1 aromatic rings. The molecule has 0 radical (unpaired) electrons. The Morgan fingerprint density at radius 2 is 1.83 bits per heavy atom. The van der Waals surface area contributed by atoms with E-state index in [1.165, 1.54) is 11.3 Å². The van der Waals surface area contributed by atoms with Crippen molar-refractivity contribution >= 4 is 40.0 Å². The summed E-state index contributed by atoms with van der Waals surface area (Å²) in [7, 11) is 0. The number of ether oxygens (including phenoxy) is 1. The highest BCUT2D eigenvalue weighted by molar-refractivity contribution is 7.16. The third-order valence-electron chi connectivity index (χ3n) is 5.87. The molecule has 1 aliphatic heterocycles. The summed E-state index contributed by atoms with van der Waals surface area (Å²) in [6, 6.07) is 2.13. The fraction of sp³-hybridized carbons (Fsp3) is 0.550. The molecule has 3 aliphatic rings. The fourth-order valence-corrected chi connectivity index (χ4v) is 5.74. The summed E-state index contributed by atoms with van der Waals surface area (Å²) >= 11 is 1.38. The van der Waals surface area contributed by atoms with Crippen molar-refractivity contribution in [1.82, 2.24) is 4.90 Å². The zero-order valence-electron chi connectivity index (χ0n) is 15.9. The molecule has 0 aromatic carbocycles. The first-order valence-electron chi connectivity index (χ1n) is 9.85. The van der Waals surface area contributed by atoms with Gasteiger partial charge in [0, 0.05) is 4.88 Å². The van der Waals surface area contributed by atoms with Crippen molar-refractivity contribution in [1.29, 1.82) is 5.26 Å². The van der Waals surface area contributed by atoms with Crippen LogP contribution in [0, 0.1) is 23.2 Å². The molecule has 0 unspecified atom stereocenters. The molecule has 4 rings (SSSR count). The number of carbonyl (C=O) groups is 4. The highest BCUT2D eigenvalue weighted by Gasteiger charge is 2.48. The molecule has 2 aliphatic carbocycles. The molecule has 0 bridgehead atoms. The summed E-state index contributed by atoms with van der Waals surface area (Å²) in [5.41, 5.74) is 1.48. The summed E-state index contributed by atoms with van der Waals surface area (Å²) in [5.74, 6) is -2.62. The van der Waals surface area contributed by atoms with Crippen LogP contribution in [0.1, 0.15) is 48.1 Å². The zero-order chi connectivity index (χ0) is 20.5. The number of likely N-dealkylation sites (tertiary alicyclic amines) is 1. The third-order valence-corrected chi connectivity index (χ3v) is 7.08. The van der Waals surface area contributed by atoms with Crippen LogP contribution in [0.4, 0.5) is 5.00 Å². The molecule has 1 saturated heterocycles. The minimum atomic E-state index is -0.797. The number of anilines is 1. The first-order valence-corrected chi connectivity index (χ1v) is 10.7. The monoisotopic (exact) mass is 415 g/mol. The summed E-state index contributed by atoms with van der Waals surface area (Å²) in [4.78, 5) is 51.1. The maximum absolute atomic E-state index is 12.4. The standard InChI is InChI=1S/C20H21N3O5S/c21-8-14-11-6-3-7-15(11)29-18(14)22-16(24)10-28-17(25)9-23-19(26)12-4-1-2-5-13(12)20(23)27/h12-13H,1-7,9-10H2,(H,22,24)/t12-,13+. The molecule has 2 atom stereocenters. The van der Waals surface area contributed by atoms with Crippen LogP contribution in [-0.4, -0.2) is 41.7 Å². The number of carbonyl (C=O) groups excluding carboxylic acids is 4. The van der Waals surface area contributed by atoms with Crippen LogP contribution in [0.5, 0.6) is 0 Å². The maximum atomic E-state index is 12.4. The number of hydrogen-bond acceptors (Lipinski definition) is 7. The average Bonchev–Trinajstić information content (AvgIpc) is 3.35. The predicted molar refractivity (Wildman–Crippen MR) is 103 cm³/mol. The molecular weight excluding hydrogens is 394 g/mol. The van der Waals surface area contributed by atoms with Crippen molar-refractivity contribution in [2.24, 2.45) is 11.8 Å². The quantitative estimate of drug-likeness (QED) is 0.579. The van der Waals surface area contributed by atoms with Crippen LogP contribution >= 0.6 is 11.3 Å². The minimum Gasteiger partial charge on any atom is -0.454 e. The van der Waals surface area contributed by atoms with Crippen molar-refractivity contribution in [2.75, 3.05) is 18.5 Å². The third kappa shape index (κ3) is 3.65. The molecule has 2 heterocycles. The van der Waals surface area contributed by atoms with Crippen LogP contribution in [0.15, 0.2) is 0 Å². The van der Waals surface area contributed by atoms with Crippen LogP contribution in [0.2, 0.25) is 0 Å². The molecule has 29 heavy (non-hydrogen) atoms. The molecule has 1 aromatic heterocycles. The Morgan fingerprint density at radius 1 is 1.14 bits per heavy atom. The van der Waals surface area contributed by atoms with E-state index in [-0.39, 0.29) is 23.7 Å². The van der Waals surface area contributed by atoms with Crippen molar-refractivity contribution in [3.05, 3.63) is 16.0 Å². The topological polar surface area (TPSA) is 117 Å². The highest BCUT2D eigenvalue weighted by Crippen LogP contribution is 2.39. The van der Waals surface area contributed by atoms with Gasteiger partial charge in [-0.05, 0) is 37.7 Å². The number of hydrogen-bond donors (Lipinski definition) is 1. The summed E-state index contributed by atoms with van der Waals surface area (Å²) < 4.78 is 4.96. The van der Waals surface area contributed by atoms with Gasteiger partial charge in [-0.2, -0.15) is 5.26 Å². The smallest absolute Gasteiger partial charge is 0.326 e. The van der Waals surface area contributed by atoms with Gasteiger partial charge in [0.1, 0.15) is 17.6 Å². The number of esters is 1. The molecule has 8 nitrogen and oxygen atoms in total. The number of amides is 3. The van der Waals surface area contributed by atoms with Gasteiger partial charge in [-0.25, -0.2) is 0 Å². The first-order chi connectivity index (χ1) is 14.0. The number of imide groups is 1. The van der Waals surface area contributed by atoms with Gasteiger partial charge in [-0.3, -0.25) is 24.1 Å². The van der Waals surface area contributed by atoms with E-state index in [9.17, 15) is 24.4 Å². The zero-order valence-corrected chi connectivity index (χ0v) is 16.7. The van der Waals surface area contributed by atoms with Gasteiger partial charge in [0.2, 0.25) is 11.8 Å². The lowest BCUT2D eigenvalue weighted by atomic mass is 9.81. The second-order valence-corrected chi connectivity index (χ2v) is 8.75. The second-order valence-electron chi connectivity index (χ2n) is 7.64. The summed E-state index contributed by atoms with van der Waals surface area (Å²) in [5, 5.41) is 12.5. The van der Waals surface area contributed by atoms with Crippen molar-refractivity contribution < 1.29 is 23.9 Å². The SMILES string of the molecule is N#Cc1c(NC(=O)COC(=O)CN2C(=O)[C@H]3CCCC[C@H]3C2=O)sc2c1CCC2. The second kappa shape index (κ2) is 7.95. The largest absolute Gasteiger partial charge is 0.454 e. The Bertz CT molecular complexity index is 907. The van der Waals surface area contributed by atoms with E-state index in [1.54, 1.807) is 0 Å². The van der Waals surface area contributed by atoms with Crippen molar-refractivity contribution in [2.45, 2.75) is 44.9 Å². The van der Waals surface area contributed by atoms with E-state index < -0.39 is 25.0 Å². The number of rotatable bonds is 5. The van der Waals surface area contributed by atoms with E-state index in [2.05, 4.69) is 11.4 Å². The van der Waals surface area contributed by atoms with Crippen molar-refractivity contribution in [3.8, 4) is 6.07 Å². The van der Waals surface area contributed by atoms with Gasteiger partial charge in [0.15, 0.2) is 6.61 Å². The molecule has 0 spiro atoms. The van der Waals surface area contributed by atoms with Gasteiger partial charge in [-0.15, -0.1) is 11.3 Å². The predicted octanol–water partition coefficient (Wildman–Crippen LogP) is 1.77. The molecule has 3 amide bonds. The first kappa shape index (κ1) is 19.6. The maximum Gasteiger partial charge on any atom is 0.326 e. The number of nitrogens with one attached hydrogen (secondary N) is 1. The molecule has 152 valence electrons. The molecule has 9 heteroatoms. The Hall–Kier alpha value is -2.73. The highest BCUT2D eigenvalue weighted by atomic mass is 32.1. The van der Waals surface area contributed by atoms with Crippen LogP contribution < -0.4 is 5.32 Å². The number of fused-ring (bicyclic) bond motifs is 2.